The normalized spacial score (nSPS) is 23.5. The number of benzene rings is 1. The summed E-state index contributed by atoms with van der Waals surface area (Å²) in [6.45, 7) is 2.31. The standard InChI is InChI=1S/C15H19NO/c17-11-13-8-7-12-5-4-6-14(15(12)13)16-9-2-1-3-10-16/h4-6,11,13H,1-3,7-10H2. The minimum Gasteiger partial charge on any atom is -0.371 e. The molecule has 17 heavy (non-hydrogen) atoms. The predicted octanol–water partition coefficient (Wildman–Crippen LogP) is 2.91. The Bertz CT molecular complexity index is 421. The van der Waals surface area contributed by atoms with E-state index in [-0.39, 0.29) is 5.92 Å². The smallest absolute Gasteiger partial charge is 0.127 e. The minimum atomic E-state index is 0.142. The summed E-state index contributed by atoms with van der Waals surface area (Å²) in [5, 5.41) is 0. The van der Waals surface area contributed by atoms with Gasteiger partial charge in [-0.05, 0) is 49.3 Å². The molecular weight excluding hydrogens is 210 g/mol. The predicted molar refractivity (Wildman–Crippen MR) is 69.6 cm³/mol. The summed E-state index contributed by atoms with van der Waals surface area (Å²) >= 11 is 0. The van der Waals surface area contributed by atoms with Crippen LogP contribution in [0.25, 0.3) is 0 Å². The number of hydrogen-bond donors (Lipinski definition) is 0. The van der Waals surface area contributed by atoms with E-state index in [1.54, 1.807) is 0 Å². The van der Waals surface area contributed by atoms with Crippen LogP contribution in [0.2, 0.25) is 0 Å². The number of hydrogen-bond acceptors (Lipinski definition) is 2. The molecule has 1 aliphatic carbocycles. The zero-order valence-corrected chi connectivity index (χ0v) is 10.2. The van der Waals surface area contributed by atoms with E-state index in [0.717, 1.165) is 32.2 Å². The molecule has 0 N–H and O–H groups in total. The van der Waals surface area contributed by atoms with E-state index in [4.69, 9.17) is 0 Å². The van der Waals surface area contributed by atoms with E-state index in [1.165, 1.54) is 36.1 Å². The van der Waals surface area contributed by atoms with Crippen molar-refractivity contribution in [1.82, 2.24) is 0 Å². The first-order valence-corrected chi connectivity index (χ1v) is 6.72. The van der Waals surface area contributed by atoms with Crippen molar-refractivity contribution in [2.45, 2.75) is 38.0 Å². The summed E-state index contributed by atoms with van der Waals surface area (Å²) in [5.74, 6) is 0.142. The van der Waals surface area contributed by atoms with Crippen molar-refractivity contribution in [2.24, 2.45) is 0 Å². The molecule has 2 aliphatic rings. The Balaban J connectivity index is 1.99. The Kier molecular flexibility index (Phi) is 2.87. The summed E-state index contributed by atoms with van der Waals surface area (Å²) in [6, 6.07) is 6.54. The fraction of sp³-hybridized carbons (Fsp3) is 0.533. The molecule has 1 aromatic rings. The molecule has 1 atom stereocenters. The van der Waals surface area contributed by atoms with Crippen LogP contribution in [0.3, 0.4) is 0 Å². The van der Waals surface area contributed by atoms with Crippen molar-refractivity contribution < 1.29 is 4.79 Å². The average molecular weight is 229 g/mol. The van der Waals surface area contributed by atoms with Crippen LogP contribution >= 0.6 is 0 Å². The SMILES string of the molecule is O=CC1CCc2cccc(N3CCCCC3)c21. The molecule has 1 unspecified atom stereocenters. The molecule has 0 bridgehead atoms. The zero-order valence-electron chi connectivity index (χ0n) is 10.2. The summed E-state index contributed by atoms with van der Waals surface area (Å²) in [5.41, 5.74) is 4.05. The average Bonchev–Trinajstić information content (AvgIpc) is 2.82. The monoisotopic (exact) mass is 229 g/mol. The zero-order chi connectivity index (χ0) is 11.7. The largest absolute Gasteiger partial charge is 0.371 e. The van der Waals surface area contributed by atoms with Crippen molar-refractivity contribution in [3.8, 4) is 0 Å². The van der Waals surface area contributed by atoms with Gasteiger partial charge in [0.25, 0.3) is 0 Å². The van der Waals surface area contributed by atoms with Gasteiger partial charge >= 0.3 is 0 Å². The van der Waals surface area contributed by atoms with E-state index in [2.05, 4.69) is 23.1 Å². The molecule has 1 aromatic carbocycles. The first-order chi connectivity index (χ1) is 8.40. The van der Waals surface area contributed by atoms with Gasteiger partial charge in [-0.2, -0.15) is 0 Å². The summed E-state index contributed by atoms with van der Waals surface area (Å²) < 4.78 is 0. The van der Waals surface area contributed by atoms with Crippen LogP contribution in [-0.2, 0) is 11.2 Å². The Hall–Kier alpha value is -1.31. The molecule has 3 rings (SSSR count). The first-order valence-electron chi connectivity index (χ1n) is 6.72. The van der Waals surface area contributed by atoms with E-state index in [0.29, 0.717) is 0 Å². The lowest BCUT2D eigenvalue weighted by Crippen LogP contribution is -2.30. The number of rotatable bonds is 2. The van der Waals surface area contributed by atoms with Crippen LogP contribution < -0.4 is 4.90 Å². The number of anilines is 1. The lowest BCUT2D eigenvalue weighted by molar-refractivity contribution is -0.109. The number of nitrogens with zero attached hydrogens (tertiary/aromatic N) is 1. The molecule has 0 spiro atoms. The van der Waals surface area contributed by atoms with Crippen molar-refractivity contribution >= 4 is 12.0 Å². The Labute approximate surface area is 103 Å². The van der Waals surface area contributed by atoms with Gasteiger partial charge in [0.15, 0.2) is 0 Å². The third-order valence-electron chi connectivity index (χ3n) is 4.13. The van der Waals surface area contributed by atoms with Crippen LogP contribution in [0.5, 0.6) is 0 Å². The number of piperidine rings is 1. The second-order valence-corrected chi connectivity index (χ2v) is 5.18. The lowest BCUT2D eigenvalue weighted by atomic mass is 9.98. The number of carbonyl (C=O) groups excluding carboxylic acids is 1. The molecule has 1 saturated heterocycles. The maximum atomic E-state index is 11.2. The van der Waals surface area contributed by atoms with Gasteiger partial charge in [-0.15, -0.1) is 0 Å². The Morgan fingerprint density at radius 1 is 1.18 bits per heavy atom. The topological polar surface area (TPSA) is 20.3 Å². The van der Waals surface area contributed by atoms with Crippen LogP contribution in [0.4, 0.5) is 5.69 Å². The highest BCUT2D eigenvalue weighted by atomic mass is 16.1. The summed E-state index contributed by atoms with van der Waals surface area (Å²) in [4.78, 5) is 13.7. The molecule has 0 radical (unpaired) electrons. The maximum Gasteiger partial charge on any atom is 0.127 e. The van der Waals surface area contributed by atoms with Crippen LogP contribution in [0.1, 0.15) is 42.7 Å². The molecule has 1 heterocycles. The van der Waals surface area contributed by atoms with Gasteiger partial charge < -0.3 is 9.69 Å². The van der Waals surface area contributed by atoms with Crippen LogP contribution in [-0.4, -0.2) is 19.4 Å². The second-order valence-electron chi connectivity index (χ2n) is 5.18. The molecule has 2 heteroatoms. The summed E-state index contributed by atoms with van der Waals surface area (Å²) in [7, 11) is 0. The third kappa shape index (κ3) is 1.86. The molecule has 1 fully saturated rings. The van der Waals surface area contributed by atoms with Gasteiger partial charge in [-0.25, -0.2) is 0 Å². The molecular formula is C15H19NO. The van der Waals surface area contributed by atoms with Gasteiger partial charge in [-0.3, -0.25) is 0 Å². The minimum absolute atomic E-state index is 0.142. The van der Waals surface area contributed by atoms with Crippen molar-refractivity contribution in [3.63, 3.8) is 0 Å². The van der Waals surface area contributed by atoms with Crippen molar-refractivity contribution in [2.75, 3.05) is 18.0 Å². The highest BCUT2D eigenvalue weighted by molar-refractivity contribution is 5.73. The van der Waals surface area contributed by atoms with Crippen LogP contribution in [0, 0.1) is 0 Å². The molecule has 0 aromatic heterocycles. The number of carbonyl (C=O) groups is 1. The highest BCUT2D eigenvalue weighted by Crippen LogP contribution is 2.39. The summed E-state index contributed by atoms with van der Waals surface area (Å²) in [6.07, 6.45) is 7.14. The van der Waals surface area contributed by atoms with Gasteiger partial charge in [0.05, 0.1) is 0 Å². The maximum absolute atomic E-state index is 11.2. The number of fused-ring (bicyclic) bond motifs is 1. The van der Waals surface area contributed by atoms with E-state index in [9.17, 15) is 4.79 Å². The Morgan fingerprint density at radius 2 is 2.00 bits per heavy atom. The quantitative estimate of drug-likeness (QED) is 0.727. The van der Waals surface area contributed by atoms with E-state index < -0.39 is 0 Å². The molecule has 90 valence electrons. The van der Waals surface area contributed by atoms with Gasteiger partial charge in [0.2, 0.25) is 0 Å². The van der Waals surface area contributed by atoms with E-state index >= 15 is 0 Å². The second kappa shape index (κ2) is 4.52. The third-order valence-corrected chi connectivity index (χ3v) is 4.13. The molecule has 1 aliphatic heterocycles. The van der Waals surface area contributed by atoms with E-state index in [1.807, 2.05) is 0 Å². The van der Waals surface area contributed by atoms with Crippen molar-refractivity contribution in [1.29, 1.82) is 0 Å². The lowest BCUT2D eigenvalue weighted by Gasteiger charge is -2.31. The Morgan fingerprint density at radius 3 is 2.76 bits per heavy atom. The highest BCUT2D eigenvalue weighted by Gasteiger charge is 2.27. The number of aryl methyl sites for hydroxylation is 1. The first kappa shape index (κ1) is 10.8. The molecule has 2 nitrogen and oxygen atoms in total. The van der Waals surface area contributed by atoms with Gasteiger partial charge in [-0.1, -0.05) is 12.1 Å². The van der Waals surface area contributed by atoms with Crippen LogP contribution in [0.15, 0.2) is 18.2 Å². The van der Waals surface area contributed by atoms with Crippen molar-refractivity contribution in [3.05, 3.63) is 29.3 Å². The fourth-order valence-electron chi connectivity index (χ4n) is 3.25. The fourth-order valence-corrected chi connectivity index (χ4v) is 3.25. The van der Waals surface area contributed by atoms with Gasteiger partial charge in [0, 0.05) is 24.7 Å². The van der Waals surface area contributed by atoms with Gasteiger partial charge in [0.1, 0.15) is 6.29 Å². The molecule has 0 saturated carbocycles. The number of aldehydes is 1. The molecule has 0 amide bonds.